The van der Waals surface area contributed by atoms with Crippen LogP contribution in [0.4, 0.5) is 0 Å². The standard InChI is InChI=1S/C25H22N4O3S/c1-31-21-14-17(12-13-20(21)32-15-16-8-4-3-5-9-16)23-26-19-11-7-6-10-18(19)22-24(30)27-25(33-2)28-29(22)23/h3-14,23H,15H2,1-2H3,(H,27,28,30)/t23-/m0/s1. The molecule has 33 heavy (non-hydrogen) atoms. The predicted octanol–water partition coefficient (Wildman–Crippen LogP) is 2.78. The van der Waals surface area contributed by atoms with Crippen LogP contribution in [0.25, 0.3) is 5.70 Å². The molecule has 0 fully saturated rings. The van der Waals surface area contributed by atoms with Crippen molar-refractivity contribution in [2.75, 3.05) is 13.4 Å². The first-order valence-electron chi connectivity index (χ1n) is 10.4. The molecule has 2 aliphatic heterocycles. The van der Waals surface area contributed by atoms with Crippen molar-refractivity contribution in [2.45, 2.75) is 12.8 Å². The smallest absolute Gasteiger partial charge is 0.276 e. The number of fused-ring (bicyclic) bond motifs is 2. The molecule has 0 bridgehead atoms. The Bertz CT molecular complexity index is 1360. The highest BCUT2D eigenvalue weighted by Gasteiger charge is 2.34. The zero-order valence-corrected chi connectivity index (χ0v) is 19.0. The molecule has 0 spiro atoms. The minimum atomic E-state index is -0.514. The lowest BCUT2D eigenvalue weighted by molar-refractivity contribution is -0.116. The molecule has 1 amide bonds. The highest BCUT2D eigenvalue weighted by atomic mass is 32.2. The fourth-order valence-corrected chi connectivity index (χ4v) is 4.20. The number of hydrogen-bond donors (Lipinski definition) is 1. The van der Waals surface area contributed by atoms with Crippen LogP contribution in [-0.4, -0.2) is 29.4 Å². The van der Waals surface area contributed by atoms with Crippen LogP contribution in [0.5, 0.6) is 11.5 Å². The van der Waals surface area contributed by atoms with Gasteiger partial charge in [0.2, 0.25) is 0 Å². The van der Waals surface area contributed by atoms with Gasteiger partial charge in [0.1, 0.15) is 12.3 Å². The SMILES string of the molecule is COc1cc([C@H]2N=c3ccccc3=C3C(=O)NC(SC)=NN32)ccc1OCc1ccccc1. The van der Waals surface area contributed by atoms with Crippen LogP contribution in [0.3, 0.4) is 0 Å². The number of hydrogen-bond acceptors (Lipinski definition) is 7. The molecule has 0 unspecified atom stereocenters. The van der Waals surface area contributed by atoms with Gasteiger partial charge in [0.05, 0.1) is 12.5 Å². The normalized spacial score (nSPS) is 16.7. The Morgan fingerprint density at radius 3 is 2.61 bits per heavy atom. The van der Waals surface area contributed by atoms with Crippen molar-refractivity contribution in [3.8, 4) is 11.5 Å². The van der Waals surface area contributed by atoms with Gasteiger partial charge in [-0.05, 0) is 30.0 Å². The number of nitrogens with zero attached hydrogens (tertiary/aromatic N) is 3. The summed E-state index contributed by atoms with van der Waals surface area (Å²) in [6.45, 7) is 0.434. The van der Waals surface area contributed by atoms with E-state index in [1.165, 1.54) is 11.8 Å². The second-order valence-corrected chi connectivity index (χ2v) is 8.26. The average molecular weight is 459 g/mol. The van der Waals surface area contributed by atoms with E-state index in [0.717, 1.165) is 21.7 Å². The maximum atomic E-state index is 13.0. The summed E-state index contributed by atoms with van der Waals surface area (Å²) in [5, 5.41) is 11.2. The van der Waals surface area contributed by atoms with Crippen molar-refractivity contribution in [1.29, 1.82) is 0 Å². The third kappa shape index (κ3) is 4.05. The largest absolute Gasteiger partial charge is 0.493 e. The van der Waals surface area contributed by atoms with Crippen molar-refractivity contribution in [2.24, 2.45) is 10.1 Å². The van der Waals surface area contributed by atoms with E-state index < -0.39 is 6.17 Å². The number of carbonyl (C=O) groups is 1. The highest BCUT2D eigenvalue weighted by Crippen LogP contribution is 2.36. The van der Waals surface area contributed by atoms with Gasteiger partial charge < -0.3 is 9.47 Å². The van der Waals surface area contributed by atoms with E-state index in [9.17, 15) is 4.79 Å². The Hall–Kier alpha value is -3.78. The molecule has 7 nitrogen and oxygen atoms in total. The zero-order valence-electron chi connectivity index (χ0n) is 18.2. The van der Waals surface area contributed by atoms with E-state index >= 15 is 0 Å². The quantitative estimate of drug-likeness (QED) is 0.636. The van der Waals surface area contributed by atoms with Gasteiger partial charge >= 0.3 is 0 Å². The minimum absolute atomic E-state index is 0.198. The van der Waals surface area contributed by atoms with Crippen molar-refractivity contribution >= 4 is 28.5 Å². The van der Waals surface area contributed by atoms with Gasteiger partial charge in [-0.1, -0.05) is 66.4 Å². The third-order valence-electron chi connectivity index (χ3n) is 5.43. The van der Waals surface area contributed by atoms with Crippen molar-refractivity contribution in [1.82, 2.24) is 10.3 Å². The number of methoxy groups -OCH3 is 1. The van der Waals surface area contributed by atoms with Gasteiger partial charge in [-0.15, -0.1) is 5.10 Å². The molecule has 0 aromatic heterocycles. The van der Waals surface area contributed by atoms with Crippen LogP contribution in [-0.2, 0) is 11.4 Å². The van der Waals surface area contributed by atoms with Crippen molar-refractivity contribution < 1.29 is 14.3 Å². The summed E-state index contributed by atoms with van der Waals surface area (Å²) in [6.07, 6.45) is 1.36. The lowest BCUT2D eigenvalue weighted by atomic mass is 10.1. The van der Waals surface area contributed by atoms with Crippen LogP contribution in [0.15, 0.2) is 82.9 Å². The Morgan fingerprint density at radius 2 is 1.82 bits per heavy atom. The van der Waals surface area contributed by atoms with Gasteiger partial charge in [0.15, 0.2) is 22.8 Å². The average Bonchev–Trinajstić information content (AvgIpc) is 2.87. The van der Waals surface area contributed by atoms with Gasteiger partial charge in [-0.2, -0.15) is 0 Å². The first-order chi connectivity index (χ1) is 16.2. The monoisotopic (exact) mass is 458 g/mol. The zero-order chi connectivity index (χ0) is 22.8. The number of hydrazone groups is 1. The molecule has 0 saturated heterocycles. The van der Waals surface area contributed by atoms with Gasteiger partial charge in [-0.3, -0.25) is 15.1 Å². The number of carbonyl (C=O) groups excluding carboxylic acids is 1. The number of thioether (sulfide) groups is 1. The lowest BCUT2D eigenvalue weighted by Gasteiger charge is -2.34. The molecule has 0 radical (unpaired) electrons. The van der Waals surface area contributed by atoms with E-state index in [-0.39, 0.29) is 5.91 Å². The summed E-state index contributed by atoms with van der Waals surface area (Å²) in [6, 6.07) is 23.2. The summed E-state index contributed by atoms with van der Waals surface area (Å²) in [5.74, 6) is 1.03. The predicted molar refractivity (Wildman–Crippen MR) is 128 cm³/mol. The maximum Gasteiger partial charge on any atom is 0.276 e. The molecule has 8 heteroatoms. The van der Waals surface area contributed by atoms with E-state index in [1.54, 1.807) is 12.1 Å². The molecule has 5 rings (SSSR count). The molecule has 1 N–H and O–H groups in total. The van der Waals surface area contributed by atoms with Crippen LogP contribution in [0.1, 0.15) is 17.3 Å². The van der Waals surface area contributed by atoms with Crippen LogP contribution in [0, 0.1) is 0 Å². The second-order valence-electron chi connectivity index (χ2n) is 7.46. The number of nitrogens with one attached hydrogen (secondary N) is 1. The molecule has 2 aliphatic rings. The number of amidine groups is 1. The van der Waals surface area contributed by atoms with Crippen molar-refractivity contribution in [3.63, 3.8) is 0 Å². The summed E-state index contributed by atoms with van der Waals surface area (Å²) >= 11 is 1.38. The van der Waals surface area contributed by atoms with E-state index in [1.807, 2.05) is 79.1 Å². The number of ether oxygens (including phenoxy) is 2. The van der Waals surface area contributed by atoms with Crippen LogP contribution in [0.2, 0.25) is 0 Å². The van der Waals surface area contributed by atoms with Gasteiger partial charge in [0, 0.05) is 10.8 Å². The summed E-state index contributed by atoms with van der Waals surface area (Å²) in [4.78, 5) is 17.9. The molecule has 166 valence electrons. The van der Waals surface area contributed by atoms with Crippen molar-refractivity contribution in [3.05, 3.63) is 94.5 Å². The number of rotatable bonds is 5. The number of para-hydroxylation sites is 1. The molecule has 3 aromatic carbocycles. The molecule has 0 aliphatic carbocycles. The van der Waals surface area contributed by atoms with Gasteiger partial charge in [-0.25, -0.2) is 5.01 Å². The maximum absolute atomic E-state index is 13.0. The molecule has 0 saturated carbocycles. The summed E-state index contributed by atoms with van der Waals surface area (Å²) in [5.41, 5.74) is 2.39. The Labute approximate surface area is 195 Å². The van der Waals surface area contributed by atoms with Crippen LogP contribution < -0.4 is 25.4 Å². The van der Waals surface area contributed by atoms with E-state index in [4.69, 9.17) is 14.5 Å². The topological polar surface area (TPSA) is 75.5 Å². The lowest BCUT2D eigenvalue weighted by Crippen LogP contribution is -2.50. The highest BCUT2D eigenvalue weighted by molar-refractivity contribution is 8.13. The Balaban J connectivity index is 1.54. The molecular weight excluding hydrogens is 436 g/mol. The molecular formula is C25H22N4O3S. The fourth-order valence-electron chi connectivity index (χ4n) is 3.84. The molecule has 3 aromatic rings. The Kier molecular flexibility index (Phi) is 5.75. The third-order valence-corrected chi connectivity index (χ3v) is 6.00. The summed E-state index contributed by atoms with van der Waals surface area (Å²) in [7, 11) is 1.61. The molecule has 1 atom stereocenters. The second kappa shape index (κ2) is 8.99. The summed E-state index contributed by atoms with van der Waals surface area (Å²) < 4.78 is 11.6. The van der Waals surface area contributed by atoms with E-state index in [0.29, 0.717) is 29.0 Å². The van der Waals surface area contributed by atoms with Gasteiger partial charge in [0.25, 0.3) is 5.91 Å². The first-order valence-corrected chi connectivity index (χ1v) is 11.7. The minimum Gasteiger partial charge on any atom is -0.493 e. The molecule has 2 heterocycles. The number of benzene rings is 3. The Morgan fingerprint density at radius 1 is 1.03 bits per heavy atom. The first kappa shape index (κ1) is 21.1. The number of amides is 1. The van der Waals surface area contributed by atoms with Crippen LogP contribution >= 0.6 is 11.8 Å². The van der Waals surface area contributed by atoms with E-state index in [2.05, 4.69) is 10.4 Å². The fraction of sp³-hybridized carbons (Fsp3) is 0.160.